The molecular weight excluding hydrogens is 218 g/mol. The first-order valence-corrected chi connectivity index (χ1v) is 5.14. The van der Waals surface area contributed by atoms with Crippen LogP contribution in [0.15, 0.2) is 48.8 Å². The quantitative estimate of drug-likeness (QED) is 0.540. The van der Waals surface area contributed by atoms with E-state index in [4.69, 9.17) is 0 Å². The Morgan fingerprint density at radius 2 is 1.94 bits per heavy atom. The highest BCUT2D eigenvalue weighted by Gasteiger charge is 2.08. The van der Waals surface area contributed by atoms with Gasteiger partial charge in [0.2, 0.25) is 0 Å². The summed E-state index contributed by atoms with van der Waals surface area (Å²) in [6, 6.07) is 10.6. The topological polar surface area (TPSA) is 63.9 Å². The Hall–Kier alpha value is -2.56. The summed E-state index contributed by atoms with van der Waals surface area (Å²) >= 11 is 0. The summed E-state index contributed by atoms with van der Waals surface area (Å²) < 4.78 is 1.92. The number of nitro benzene ring substituents is 1. The van der Waals surface area contributed by atoms with Crippen molar-refractivity contribution in [1.29, 1.82) is 0 Å². The van der Waals surface area contributed by atoms with Gasteiger partial charge in [-0.25, -0.2) is 0 Å². The Bertz CT molecular complexity index is 683. The van der Waals surface area contributed by atoms with Crippen LogP contribution in [0.25, 0.3) is 16.7 Å². The molecule has 3 aromatic rings. The van der Waals surface area contributed by atoms with E-state index in [0.717, 1.165) is 16.7 Å². The monoisotopic (exact) mass is 227 g/mol. The molecule has 0 fully saturated rings. The fraction of sp³-hybridized carbons (Fsp3) is 0. The van der Waals surface area contributed by atoms with Crippen LogP contribution in [0.1, 0.15) is 0 Å². The number of aromatic nitrogens is 2. The molecule has 0 saturated heterocycles. The maximum absolute atomic E-state index is 10.7. The number of non-ortho nitro benzene ring substituents is 1. The van der Waals surface area contributed by atoms with Crippen molar-refractivity contribution >= 4 is 16.6 Å². The van der Waals surface area contributed by atoms with E-state index >= 15 is 0 Å². The summed E-state index contributed by atoms with van der Waals surface area (Å²) in [6.45, 7) is 0. The van der Waals surface area contributed by atoms with Crippen molar-refractivity contribution in [3.8, 4) is 5.82 Å². The summed E-state index contributed by atoms with van der Waals surface area (Å²) in [4.78, 5) is 13.4. The maximum Gasteiger partial charge on any atom is 0.271 e. The van der Waals surface area contributed by atoms with Gasteiger partial charge in [-0.1, -0.05) is 0 Å². The second-order valence-electron chi connectivity index (χ2n) is 3.77. The van der Waals surface area contributed by atoms with Crippen LogP contribution in [0.2, 0.25) is 0 Å². The van der Waals surface area contributed by atoms with Gasteiger partial charge in [-0.05, 0) is 24.3 Å². The first-order valence-electron chi connectivity index (χ1n) is 5.14. The van der Waals surface area contributed by atoms with Crippen LogP contribution >= 0.6 is 0 Å². The van der Waals surface area contributed by atoms with Crippen molar-refractivity contribution in [2.45, 2.75) is 0 Å². The lowest BCUT2D eigenvalue weighted by Gasteiger charge is -1.95. The molecule has 0 amide bonds. The molecule has 1 aromatic carbocycles. The van der Waals surface area contributed by atoms with E-state index in [9.17, 15) is 10.1 Å². The van der Waals surface area contributed by atoms with E-state index in [1.807, 2.05) is 35.2 Å². The first-order chi connectivity index (χ1) is 8.24. The van der Waals surface area contributed by atoms with Gasteiger partial charge in [-0.15, -0.1) is 0 Å². The minimum Gasteiger partial charge on any atom is -0.341 e. The molecule has 0 saturated carbocycles. The summed E-state index contributed by atoms with van der Waals surface area (Å²) in [6.07, 6.45) is 3.83. The van der Waals surface area contributed by atoms with Gasteiger partial charge in [0.25, 0.3) is 5.69 Å². The fourth-order valence-electron chi connectivity index (χ4n) is 1.85. The summed E-state index contributed by atoms with van der Waals surface area (Å²) in [5.41, 5.74) is 0.862. The molecule has 2 heterocycles. The molecule has 5 heteroatoms. The van der Waals surface area contributed by atoms with Crippen LogP contribution in [-0.4, -0.2) is 14.5 Å². The molecule has 0 aliphatic heterocycles. The highest BCUT2D eigenvalue weighted by atomic mass is 16.6. The number of nitrogens with zero attached hydrogens (tertiary/aromatic N) is 2. The van der Waals surface area contributed by atoms with Crippen LogP contribution in [0.3, 0.4) is 0 Å². The second kappa shape index (κ2) is 3.48. The van der Waals surface area contributed by atoms with Crippen LogP contribution in [0.4, 0.5) is 5.69 Å². The van der Waals surface area contributed by atoms with E-state index in [2.05, 4.69) is 4.98 Å². The number of aromatic amines is 1. The fourth-order valence-corrected chi connectivity index (χ4v) is 1.85. The van der Waals surface area contributed by atoms with Crippen molar-refractivity contribution in [2.24, 2.45) is 0 Å². The van der Waals surface area contributed by atoms with Crippen molar-refractivity contribution in [1.82, 2.24) is 9.55 Å². The maximum atomic E-state index is 10.7. The molecule has 0 bridgehead atoms. The van der Waals surface area contributed by atoms with Gasteiger partial charge in [-0.3, -0.25) is 10.1 Å². The summed E-state index contributed by atoms with van der Waals surface area (Å²) in [5, 5.41) is 11.6. The van der Waals surface area contributed by atoms with Gasteiger partial charge >= 0.3 is 0 Å². The zero-order chi connectivity index (χ0) is 11.8. The number of rotatable bonds is 2. The third-order valence-electron chi connectivity index (χ3n) is 2.69. The molecule has 2 aromatic heterocycles. The molecular formula is C12H9N3O2. The van der Waals surface area contributed by atoms with Crippen molar-refractivity contribution in [2.75, 3.05) is 0 Å². The predicted molar refractivity (Wildman–Crippen MR) is 64.3 cm³/mol. The number of hydrogen-bond donors (Lipinski definition) is 1. The Morgan fingerprint density at radius 3 is 2.65 bits per heavy atom. The first kappa shape index (κ1) is 9.65. The van der Waals surface area contributed by atoms with E-state index < -0.39 is 4.92 Å². The third kappa shape index (κ3) is 1.57. The normalized spacial score (nSPS) is 10.8. The lowest BCUT2D eigenvalue weighted by atomic mass is 10.2. The van der Waals surface area contributed by atoms with Gasteiger partial charge in [0.05, 0.1) is 10.4 Å². The molecule has 0 aliphatic carbocycles. The molecule has 84 valence electrons. The van der Waals surface area contributed by atoms with Gasteiger partial charge in [-0.2, -0.15) is 0 Å². The summed E-state index contributed by atoms with van der Waals surface area (Å²) in [5.74, 6) is 0.894. The second-order valence-corrected chi connectivity index (χ2v) is 3.77. The van der Waals surface area contributed by atoms with Crippen molar-refractivity contribution in [3.05, 3.63) is 58.9 Å². The number of benzene rings is 1. The highest BCUT2D eigenvalue weighted by molar-refractivity contribution is 5.84. The minimum absolute atomic E-state index is 0.0957. The van der Waals surface area contributed by atoms with Crippen LogP contribution in [0.5, 0.6) is 0 Å². The van der Waals surface area contributed by atoms with Crippen LogP contribution < -0.4 is 0 Å². The largest absolute Gasteiger partial charge is 0.341 e. The van der Waals surface area contributed by atoms with E-state index in [1.165, 1.54) is 6.07 Å². The number of H-pyrrole nitrogens is 1. The molecule has 17 heavy (non-hydrogen) atoms. The smallest absolute Gasteiger partial charge is 0.271 e. The third-order valence-corrected chi connectivity index (χ3v) is 2.69. The predicted octanol–water partition coefficient (Wildman–Crippen LogP) is 2.87. The Labute approximate surface area is 96.5 Å². The number of nitrogens with one attached hydrogen (secondary N) is 1. The molecule has 0 unspecified atom stereocenters. The number of hydrogen-bond acceptors (Lipinski definition) is 2. The van der Waals surface area contributed by atoms with Crippen LogP contribution in [0, 0.1) is 10.1 Å². The Balaban J connectivity index is 2.16. The standard InChI is InChI=1S/C12H9N3O2/c16-15(17)10-4-3-9-7-12(13-11(9)8-10)14-5-1-2-6-14/h1-8,13H. The lowest BCUT2D eigenvalue weighted by molar-refractivity contribution is -0.384. The molecule has 1 N–H and O–H groups in total. The van der Waals surface area contributed by atoms with Crippen LogP contribution in [-0.2, 0) is 0 Å². The average molecular weight is 227 g/mol. The Kier molecular flexibility index (Phi) is 1.98. The number of nitro groups is 1. The van der Waals surface area contributed by atoms with Crippen molar-refractivity contribution < 1.29 is 4.92 Å². The van der Waals surface area contributed by atoms with Gasteiger partial charge in [0, 0.05) is 29.9 Å². The van der Waals surface area contributed by atoms with Gasteiger partial charge in [0.1, 0.15) is 5.82 Å². The minimum atomic E-state index is -0.393. The molecule has 0 radical (unpaired) electrons. The average Bonchev–Trinajstić information content (AvgIpc) is 2.96. The SMILES string of the molecule is O=[N+]([O-])c1ccc2cc(-n3cccc3)[nH]c2c1. The van der Waals surface area contributed by atoms with Gasteiger partial charge in [0.15, 0.2) is 0 Å². The number of fused-ring (bicyclic) bond motifs is 1. The zero-order valence-electron chi connectivity index (χ0n) is 8.83. The van der Waals surface area contributed by atoms with E-state index in [-0.39, 0.29) is 5.69 Å². The molecule has 0 spiro atoms. The summed E-state index contributed by atoms with van der Waals surface area (Å²) in [7, 11) is 0. The molecule has 0 aliphatic rings. The van der Waals surface area contributed by atoms with E-state index in [0.29, 0.717) is 0 Å². The van der Waals surface area contributed by atoms with Crippen molar-refractivity contribution in [3.63, 3.8) is 0 Å². The van der Waals surface area contributed by atoms with E-state index in [1.54, 1.807) is 12.1 Å². The Morgan fingerprint density at radius 1 is 1.18 bits per heavy atom. The lowest BCUT2D eigenvalue weighted by Crippen LogP contribution is -1.88. The zero-order valence-corrected chi connectivity index (χ0v) is 8.83. The molecule has 0 atom stereocenters. The highest BCUT2D eigenvalue weighted by Crippen LogP contribution is 2.22. The molecule has 5 nitrogen and oxygen atoms in total. The molecule has 3 rings (SSSR count). The van der Waals surface area contributed by atoms with Gasteiger partial charge < -0.3 is 9.55 Å².